The van der Waals surface area contributed by atoms with Gasteiger partial charge < -0.3 is 4.57 Å². The Balaban J connectivity index is 1.14. The number of aromatic nitrogens is 4. The van der Waals surface area contributed by atoms with Crippen LogP contribution in [0.5, 0.6) is 0 Å². The number of fused-ring (bicyclic) bond motifs is 8. The predicted octanol–water partition coefficient (Wildman–Crippen LogP) is 14.0. The highest BCUT2D eigenvalue weighted by Crippen LogP contribution is 2.43. The number of thiophene rings is 1. The summed E-state index contributed by atoms with van der Waals surface area (Å²) in [7, 11) is 0. The molecule has 5 heteroatoms. The number of rotatable bonds is 5. The van der Waals surface area contributed by atoms with Crippen molar-refractivity contribution in [2.75, 3.05) is 0 Å². The lowest BCUT2D eigenvalue weighted by molar-refractivity contribution is 1.02. The Bertz CT molecular complexity index is 3510. The molecule has 0 aliphatic rings. The lowest BCUT2D eigenvalue weighted by Gasteiger charge is -2.11. The Morgan fingerprint density at radius 3 is 1.86 bits per heavy atom. The second-order valence-electron chi connectivity index (χ2n) is 14.6. The van der Waals surface area contributed by atoms with E-state index in [0.29, 0.717) is 5.95 Å². The second-order valence-corrected chi connectivity index (χ2v) is 15.7. The molecule has 0 atom stereocenters. The lowest BCUT2D eigenvalue weighted by atomic mass is 9.97. The number of hydrogen-bond acceptors (Lipinski definition) is 3. The summed E-state index contributed by atoms with van der Waals surface area (Å²) in [6.45, 7) is 0. The molecule has 0 aliphatic carbocycles. The highest BCUT2D eigenvalue weighted by molar-refractivity contribution is 7.22. The van der Waals surface area contributed by atoms with Gasteiger partial charge in [0.15, 0.2) is 0 Å². The van der Waals surface area contributed by atoms with Gasteiger partial charge in [0.1, 0.15) is 0 Å². The molecule has 4 aromatic heterocycles. The molecule has 0 bridgehead atoms. The zero-order valence-electron chi connectivity index (χ0n) is 30.7. The third-order valence-corrected chi connectivity index (χ3v) is 12.5. The van der Waals surface area contributed by atoms with E-state index in [1.807, 2.05) is 0 Å². The Hall–Kier alpha value is -7.34. The number of benzene rings is 8. The minimum Gasteiger partial charge on any atom is -0.309 e. The van der Waals surface area contributed by atoms with Gasteiger partial charge in [-0.25, -0.2) is 9.97 Å². The van der Waals surface area contributed by atoms with Crippen molar-refractivity contribution in [1.82, 2.24) is 19.1 Å². The van der Waals surface area contributed by atoms with Crippen LogP contribution >= 0.6 is 11.3 Å². The van der Waals surface area contributed by atoms with Crippen molar-refractivity contribution < 1.29 is 0 Å². The van der Waals surface area contributed by atoms with E-state index >= 15 is 0 Å². The second kappa shape index (κ2) is 12.6. The van der Waals surface area contributed by atoms with E-state index in [1.54, 1.807) is 11.3 Å². The third kappa shape index (κ3) is 4.99. The smallest absolute Gasteiger partial charge is 0.235 e. The van der Waals surface area contributed by atoms with Gasteiger partial charge in [-0.05, 0) is 82.1 Å². The van der Waals surface area contributed by atoms with Crippen LogP contribution in [0.15, 0.2) is 194 Å². The van der Waals surface area contributed by atoms with Crippen LogP contribution in [0.3, 0.4) is 0 Å². The molecule has 0 amide bonds. The average molecular weight is 745 g/mol. The van der Waals surface area contributed by atoms with Crippen LogP contribution < -0.4 is 0 Å². The van der Waals surface area contributed by atoms with E-state index < -0.39 is 0 Å². The van der Waals surface area contributed by atoms with Crippen molar-refractivity contribution in [1.29, 1.82) is 0 Å². The van der Waals surface area contributed by atoms with Gasteiger partial charge >= 0.3 is 0 Å². The van der Waals surface area contributed by atoms with Gasteiger partial charge in [-0.1, -0.05) is 140 Å². The van der Waals surface area contributed by atoms with E-state index in [4.69, 9.17) is 9.97 Å². The van der Waals surface area contributed by atoms with Crippen molar-refractivity contribution in [2.24, 2.45) is 0 Å². The van der Waals surface area contributed by atoms with Crippen LogP contribution in [0.2, 0.25) is 0 Å². The fourth-order valence-electron chi connectivity index (χ4n) is 8.76. The zero-order chi connectivity index (χ0) is 37.5. The van der Waals surface area contributed by atoms with Crippen molar-refractivity contribution in [2.45, 2.75) is 0 Å². The quantitative estimate of drug-likeness (QED) is 0.176. The van der Waals surface area contributed by atoms with Gasteiger partial charge in [0.2, 0.25) is 5.95 Å². The van der Waals surface area contributed by atoms with Gasteiger partial charge in [0.25, 0.3) is 0 Å². The van der Waals surface area contributed by atoms with E-state index in [2.05, 4.69) is 203 Å². The van der Waals surface area contributed by atoms with E-state index in [9.17, 15) is 0 Å². The van der Waals surface area contributed by atoms with E-state index in [1.165, 1.54) is 59.5 Å². The number of para-hydroxylation sites is 2. The fraction of sp³-hybridized carbons (Fsp3) is 0. The molecule has 4 nitrogen and oxygen atoms in total. The normalized spacial score (nSPS) is 11.9. The van der Waals surface area contributed by atoms with Crippen LogP contribution in [-0.4, -0.2) is 19.1 Å². The average Bonchev–Trinajstić information content (AvgIpc) is 3.96. The predicted molar refractivity (Wildman–Crippen MR) is 240 cm³/mol. The summed E-state index contributed by atoms with van der Waals surface area (Å²) in [6, 6.07) is 69.6. The molecule has 4 heterocycles. The molecular formula is C52H32N4S. The first kappa shape index (κ1) is 32.0. The molecule has 0 radical (unpaired) electrons. The van der Waals surface area contributed by atoms with Crippen LogP contribution in [-0.2, 0) is 0 Å². The molecule has 0 aliphatic heterocycles. The van der Waals surface area contributed by atoms with Crippen molar-refractivity contribution in [3.05, 3.63) is 194 Å². The van der Waals surface area contributed by atoms with E-state index in [-0.39, 0.29) is 0 Å². The molecule has 0 unspecified atom stereocenters. The summed E-state index contributed by atoms with van der Waals surface area (Å²) in [5, 5.41) is 7.20. The molecule has 266 valence electrons. The summed E-state index contributed by atoms with van der Waals surface area (Å²) >= 11 is 1.75. The highest BCUT2D eigenvalue weighted by Gasteiger charge is 2.22. The zero-order valence-corrected chi connectivity index (χ0v) is 31.5. The number of nitrogens with zero attached hydrogens (tertiary/aromatic N) is 4. The molecule has 57 heavy (non-hydrogen) atoms. The van der Waals surface area contributed by atoms with Crippen molar-refractivity contribution in [3.8, 4) is 44.5 Å². The Morgan fingerprint density at radius 2 is 1.05 bits per heavy atom. The molecule has 0 saturated carbocycles. The van der Waals surface area contributed by atoms with Crippen LogP contribution in [0.1, 0.15) is 0 Å². The monoisotopic (exact) mass is 744 g/mol. The molecule has 12 rings (SSSR count). The summed E-state index contributed by atoms with van der Waals surface area (Å²) in [4.78, 5) is 12.0. The lowest BCUT2D eigenvalue weighted by Crippen LogP contribution is -2.02. The molecule has 12 aromatic rings. The molecule has 0 saturated heterocycles. The van der Waals surface area contributed by atoms with Gasteiger partial charge in [0.05, 0.1) is 38.0 Å². The highest BCUT2D eigenvalue weighted by atomic mass is 32.1. The molecular weight excluding hydrogens is 713 g/mol. The van der Waals surface area contributed by atoms with Crippen molar-refractivity contribution >= 4 is 75.9 Å². The van der Waals surface area contributed by atoms with Crippen LogP contribution in [0, 0.1) is 0 Å². The maximum atomic E-state index is 5.45. The summed E-state index contributed by atoms with van der Waals surface area (Å²) < 4.78 is 5.74. The third-order valence-electron chi connectivity index (χ3n) is 11.3. The first-order chi connectivity index (χ1) is 28.3. The summed E-state index contributed by atoms with van der Waals surface area (Å²) in [5.41, 5.74) is 12.2. The Labute approximate surface area is 332 Å². The first-order valence-electron chi connectivity index (χ1n) is 19.2. The largest absolute Gasteiger partial charge is 0.309 e. The minimum absolute atomic E-state index is 0.662. The molecule has 0 spiro atoms. The maximum absolute atomic E-state index is 5.45. The maximum Gasteiger partial charge on any atom is 0.235 e. The van der Waals surface area contributed by atoms with Gasteiger partial charge in [-0.2, -0.15) is 0 Å². The van der Waals surface area contributed by atoms with Gasteiger partial charge in [-0.3, -0.25) is 4.57 Å². The Kier molecular flexibility index (Phi) is 7.06. The topological polar surface area (TPSA) is 35.6 Å². The van der Waals surface area contributed by atoms with E-state index in [0.717, 1.165) is 43.6 Å². The number of hydrogen-bond donors (Lipinski definition) is 0. The van der Waals surface area contributed by atoms with Gasteiger partial charge in [-0.15, -0.1) is 11.3 Å². The van der Waals surface area contributed by atoms with Gasteiger partial charge in [0, 0.05) is 37.7 Å². The first-order valence-corrected chi connectivity index (χ1v) is 20.1. The SMILES string of the molecule is c1ccc(-c2cc3nc(-n4c5ccc(-c6cccc7c6c6ccccc6n7-c6ccccc6)cc5c5cc6ccccc6cc54)nc(-c4ccccc4)c3s2)cc1. The standard InChI is InChI=1S/C52H32N4S/c1-4-15-33(16-5-1)48-32-43-51(57-48)50(34-17-6-2-7-18-34)54-52(53-43)56-45-28-27-37(30-41(45)42-29-35-19-10-11-20-36(35)31-47(42)56)39-24-14-26-46-49(39)40-23-12-13-25-44(40)55(46)38-21-8-3-9-22-38/h1-32H. The minimum atomic E-state index is 0.662. The molecule has 8 aromatic carbocycles. The summed E-state index contributed by atoms with van der Waals surface area (Å²) in [6.07, 6.45) is 0. The van der Waals surface area contributed by atoms with Crippen LogP contribution in [0.25, 0.3) is 109 Å². The molecule has 0 fully saturated rings. The Morgan fingerprint density at radius 1 is 0.404 bits per heavy atom. The van der Waals surface area contributed by atoms with Crippen LogP contribution in [0.4, 0.5) is 0 Å². The van der Waals surface area contributed by atoms with Crippen molar-refractivity contribution in [3.63, 3.8) is 0 Å². The molecule has 0 N–H and O–H groups in total. The summed E-state index contributed by atoms with van der Waals surface area (Å²) in [5.74, 6) is 0.662. The fourth-order valence-corrected chi connectivity index (χ4v) is 9.87.